The standard InChI is InChI=1S/C17H26N2OS/c1-15-13-18(9-12-21-16-5-3-2-4-6-16)14-17(15)19-7-10-20-11-8-19/h2-6,15,17H,7-14H2,1H3/t15-,17+/m1/s1. The van der Waals surface area contributed by atoms with Crippen LogP contribution < -0.4 is 0 Å². The van der Waals surface area contributed by atoms with Gasteiger partial charge in [-0.1, -0.05) is 25.1 Å². The molecule has 0 saturated carbocycles. The van der Waals surface area contributed by atoms with E-state index >= 15 is 0 Å². The minimum absolute atomic E-state index is 0.732. The van der Waals surface area contributed by atoms with Crippen molar-refractivity contribution in [1.82, 2.24) is 9.80 Å². The lowest BCUT2D eigenvalue weighted by molar-refractivity contribution is 0.0119. The van der Waals surface area contributed by atoms with Gasteiger partial charge in [0.2, 0.25) is 0 Å². The predicted octanol–water partition coefficient (Wildman–Crippen LogP) is 2.43. The summed E-state index contributed by atoms with van der Waals surface area (Å²) >= 11 is 1.97. The van der Waals surface area contributed by atoms with Crippen LogP contribution in [0.15, 0.2) is 35.2 Å². The molecule has 2 aliphatic rings. The van der Waals surface area contributed by atoms with E-state index in [1.807, 2.05) is 11.8 Å². The maximum atomic E-state index is 5.48. The molecule has 1 aromatic carbocycles. The fourth-order valence-electron chi connectivity index (χ4n) is 3.42. The van der Waals surface area contributed by atoms with Crippen molar-refractivity contribution in [3.8, 4) is 0 Å². The van der Waals surface area contributed by atoms with Crippen molar-refractivity contribution in [2.75, 3.05) is 51.7 Å². The summed E-state index contributed by atoms with van der Waals surface area (Å²) in [5.74, 6) is 1.97. The van der Waals surface area contributed by atoms with E-state index in [4.69, 9.17) is 4.74 Å². The molecule has 21 heavy (non-hydrogen) atoms. The van der Waals surface area contributed by atoms with Crippen LogP contribution in [0.1, 0.15) is 6.92 Å². The smallest absolute Gasteiger partial charge is 0.0594 e. The Balaban J connectivity index is 1.43. The first-order chi connectivity index (χ1) is 10.3. The van der Waals surface area contributed by atoms with Gasteiger partial charge in [0.1, 0.15) is 0 Å². The molecule has 4 heteroatoms. The summed E-state index contributed by atoms with van der Waals surface area (Å²) in [4.78, 5) is 6.66. The van der Waals surface area contributed by atoms with Gasteiger partial charge < -0.3 is 9.64 Å². The molecule has 0 N–H and O–H groups in total. The molecular weight excluding hydrogens is 280 g/mol. The molecule has 1 aromatic rings. The maximum absolute atomic E-state index is 5.48. The van der Waals surface area contributed by atoms with E-state index in [1.54, 1.807) is 0 Å². The van der Waals surface area contributed by atoms with Gasteiger partial charge >= 0.3 is 0 Å². The molecule has 2 atom stereocenters. The average Bonchev–Trinajstić information content (AvgIpc) is 2.90. The van der Waals surface area contributed by atoms with Gasteiger partial charge in [0, 0.05) is 49.4 Å². The van der Waals surface area contributed by atoms with Crippen LogP contribution in [-0.4, -0.2) is 67.5 Å². The number of morpholine rings is 1. The van der Waals surface area contributed by atoms with Crippen LogP contribution >= 0.6 is 11.8 Å². The van der Waals surface area contributed by atoms with Gasteiger partial charge in [-0.2, -0.15) is 0 Å². The van der Waals surface area contributed by atoms with Crippen molar-refractivity contribution in [2.45, 2.75) is 17.9 Å². The minimum atomic E-state index is 0.732. The van der Waals surface area contributed by atoms with E-state index in [0.717, 1.165) is 38.3 Å². The molecule has 116 valence electrons. The van der Waals surface area contributed by atoms with Gasteiger partial charge in [-0.25, -0.2) is 0 Å². The van der Waals surface area contributed by atoms with Crippen molar-refractivity contribution in [3.63, 3.8) is 0 Å². The second-order valence-corrected chi connectivity index (χ2v) is 7.28. The molecule has 2 aliphatic heterocycles. The number of hydrogen-bond donors (Lipinski definition) is 0. The molecule has 3 nitrogen and oxygen atoms in total. The fourth-order valence-corrected chi connectivity index (χ4v) is 4.36. The van der Waals surface area contributed by atoms with Gasteiger partial charge in [-0.3, -0.25) is 4.90 Å². The van der Waals surface area contributed by atoms with E-state index in [0.29, 0.717) is 0 Å². The Morgan fingerprint density at radius 1 is 1.14 bits per heavy atom. The van der Waals surface area contributed by atoms with Crippen LogP contribution in [0.2, 0.25) is 0 Å². The number of thioether (sulfide) groups is 1. The number of ether oxygens (including phenoxy) is 1. The lowest BCUT2D eigenvalue weighted by Gasteiger charge is -2.34. The zero-order chi connectivity index (χ0) is 14.5. The largest absolute Gasteiger partial charge is 0.379 e. The van der Waals surface area contributed by atoms with Crippen LogP contribution in [0.5, 0.6) is 0 Å². The summed E-state index contributed by atoms with van der Waals surface area (Å²) in [6.07, 6.45) is 0. The summed E-state index contributed by atoms with van der Waals surface area (Å²) in [7, 11) is 0. The number of benzene rings is 1. The number of rotatable bonds is 5. The lowest BCUT2D eigenvalue weighted by Crippen LogP contribution is -2.46. The zero-order valence-electron chi connectivity index (χ0n) is 12.9. The Hall–Kier alpha value is -0.550. The normalized spacial score (nSPS) is 28.0. The summed E-state index contributed by atoms with van der Waals surface area (Å²) in [6.45, 7) is 10.1. The maximum Gasteiger partial charge on any atom is 0.0594 e. The van der Waals surface area contributed by atoms with E-state index < -0.39 is 0 Å². The molecule has 3 rings (SSSR count). The second-order valence-electron chi connectivity index (χ2n) is 6.11. The first-order valence-corrected chi connectivity index (χ1v) is 9.03. The predicted molar refractivity (Wildman–Crippen MR) is 89.0 cm³/mol. The van der Waals surface area contributed by atoms with Crippen molar-refractivity contribution in [3.05, 3.63) is 30.3 Å². The highest BCUT2D eigenvalue weighted by atomic mass is 32.2. The Labute approximate surface area is 132 Å². The second kappa shape index (κ2) is 7.63. The molecule has 2 fully saturated rings. The lowest BCUT2D eigenvalue weighted by atomic mass is 10.0. The van der Waals surface area contributed by atoms with Crippen LogP contribution in [0, 0.1) is 5.92 Å². The number of hydrogen-bond acceptors (Lipinski definition) is 4. The van der Waals surface area contributed by atoms with Crippen LogP contribution in [0.25, 0.3) is 0 Å². The fraction of sp³-hybridized carbons (Fsp3) is 0.647. The monoisotopic (exact) mass is 306 g/mol. The molecule has 2 saturated heterocycles. The minimum Gasteiger partial charge on any atom is -0.379 e. The third kappa shape index (κ3) is 4.22. The molecule has 0 spiro atoms. The first-order valence-electron chi connectivity index (χ1n) is 8.05. The third-order valence-corrected chi connectivity index (χ3v) is 5.57. The Bertz CT molecular complexity index is 422. The van der Waals surface area contributed by atoms with Crippen molar-refractivity contribution in [2.24, 2.45) is 5.92 Å². The van der Waals surface area contributed by atoms with Gasteiger partial charge in [-0.05, 0) is 18.1 Å². The van der Waals surface area contributed by atoms with E-state index in [2.05, 4.69) is 47.1 Å². The van der Waals surface area contributed by atoms with Crippen molar-refractivity contribution >= 4 is 11.8 Å². The van der Waals surface area contributed by atoms with E-state index in [1.165, 1.54) is 30.3 Å². The first kappa shape index (κ1) is 15.3. The van der Waals surface area contributed by atoms with Crippen LogP contribution in [0.3, 0.4) is 0 Å². The van der Waals surface area contributed by atoms with Gasteiger partial charge in [0.05, 0.1) is 13.2 Å². The molecule has 2 heterocycles. The number of likely N-dealkylation sites (tertiary alicyclic amines) is 1. The summed E-state index contributed by atoms with van der Waals surface area (Å²) in [5, 5.41) is 0. The Morgan fingerprint density at radius 3 is 2.67 bits per heavy atom. The van der Waals surface area contributed by atoms with E-state index in [9.17, 15) is 0 Å². The third-order valence-electron chi connectivity index (χ3n) is 4.58. The molecule has 0 aliphatic carbocycles. The SMILES string of the molecule is C[C@@H]1CN(CCSc2ccccc2)C[C@@H]1N1CCOCC1. The molecule has 0 bridgehead atoms. The molecule has 0 unspecified atom stereocenters. The van der Waals surface area contributed by atoms with Crippen LogP contribution in [-0.2, 0) is 4.74 Å². The highest BCUT2D eigenvalue weighted by Crippen LogP contribution is 2.24. The van der Waals surface area contributed by atoms with Gasteiger partial charge in [-0.15, -0.1) is 11.8 Å². The summed E-state index contributed by atoms with van der Waals surface area (Å²) in [5.41, 5.74) is 0. The Kier molecular flexibility index (Phi) is 5.58. The highest BCUT2D eigenvalue weighted by molar-refractivity contribution is 7.99. The zero-order valence-corrected chi connectivity index (χ0v) is 13.7. The van der Waals surface area contributed by atoms with Crippen molar-refractivity contribution in [1.29, 1.82) is 0 Å². The van der Waals surface area contributed by atoms with Crippen LogP contribution in [0.4, 0.5) is 0 Å². The molecule has 0 radical (unpaired) electrons. The average molecular weight is 306 g/mol. The molecule has 0 amide bonds. The topological polar surface area (TPSA) is 15.7 Å². The van der Waals surface area contributed by atoms with Gasteiger partial charge in [0.15, 0.2) is 0 Å². The highest BCUT2D eigenvalue weighted by Gasteiger charge is 2.34. The summed E-state index contributed by atoms with van der Waals surface area (Å²) < 4.78 is 5.48. The van der Waals surface area contributed by atoms with Crippen molar-refractivity contribution < 1.29 is 4.74 Å². The van der Waals surface area contributed by atoms with Gasteiger partial charge in [0.25, 0.3) is 0 Å². The molecule has 0 aromatic heterocycles. The number of nitrogens with zero attached hydrogens (tertiary/aromatic N) is 2. The summed E-state index contributed by atoms with van der Waals surface area (Å²) in [6, 6.07) is 11.5. The van der Waals surface area contributed by atoms with E-state index in [-0.39, 0.29) is 0 Å². The Morgan fingerprint density at radius 2 is 1.90 bits per heavy atom. The quantitative estimate of drug-likeness (QED) is 0.776. The molecular formula is C17H26N2OS.